The summed E-state index contributed by atoms with van der Waals surface area (Å²) in [5.74, 6) is -1.03. The lowest BCUT2D eigenvalue weighted by molar-refractivity contribution is 0.0510. The van der Waals surface area contributed by atoms with Crippen molar-refractivity contribution in [1.29, 1.82) is 0 Å². The number of nitrogens with zero attached hydrogens (tertiary/aromatic N) is 1. The second kappa shape index (κ2) is 8.48. The fraction of sp³-hybridized carbons (Fsp3) is 0.368. The Hall–Kier alpha value is -2.60. The molecule has 0 bridgehead atoms. The van der Waals surface area contributed by atoms with Crippen molar-refractivity contribution in [2.24, 2.45) is 0 Å². The summed E-state index contributed by atoms with van der Waals surface area (Å²) in [4.78, 5) is 25.2. The van der Waals surface area contributed by atoms with Crippen molar-refractivity contribution >= 4 is 11.9 Å². The van der Waals surface area contributed by atoms with Crippen molar-refractivity contribution in [3.8, 4) is 11.1 Å². The van der Waals surface area contributed by atoms with Crippen molar-refractivity contribution < 1.29 is 24.2 Å². The molecule has 0 saturated carbocycles. The molecular weight excluding hydrogens is 322 g/mol. The summed E-state index contributed by atoms with van der Waals surface area (Å²) >= 11 is 0. The number of esters is 2. The lowest BCUT2D eigenvalue weighted by Gasteiger charge is -2.11. The molecule has 0 aliphatic heterocycles. The minimum absolute atomic E-state index is 0.168. The largest absolute Gasteiger partial charge is 0.462 e. The summed E-state index contributed by atoms with van der Waals surface area (Å²) < 4.78 is 12.0. The first-order valence-corrected chi connectivity index (χ1v) is 8.30. The van der Waals surface area contributed by atoms with Crippen LogP contribution < -0.4 is 0 Å². The van der Waals surface area contributed by atoms with Crippen molar-refractivity contribution in [3.05, 3.63) is 47.3 Å². The number of aromatic nitrogens is 1. The summed E-state index contributed by atoms with van der Waals surface area (Å²) in [5, 5.41) is 9.40. The van der Waals surface area contributed by atoms with Gasteiger partial charge in [-0.25, -0.2) is 9.59 Å². The maximum atomic E-state index is 12.6. The van der Waals surface area contributed by atoms with Gasteiger partial charge in [-0.2, -0.15) is 0 Å². The number of aliphatic hydroxyl groups is 1. The predicted molar refractivity (Wildman–Crippen MR) is 93.6 cm³/mol. The number of rotatable bonds is 7. The molecule has 1 aromatic heterocycles. The average molecular weight is 345 g/mol. The molecule has 134 valence electrons. The molecule has 0 atom stereocenters. The second-order valence-corrected chi connectivity index (χ2v) is 5.37. The SMILES string of the molecule is CCOC(=O)c1c(-c2ccccc2)c(C(=O)OCC)n(CCO)c1C. The Morgan fingerprint density at radius 2 is 1.64 bits per heavy atom. The normalized spacial score (nSPS) is 10.6. The number of hydrogen-bond acceptors (Lipinski definition) is 5. The maximum absolute atomic E-state index is 12.6. The Morgan fingerprint density at radius 3 is 2.20 bits per heavy atom. The molecule has 1 N–H and O–H groups in total. The molecule has 6 nitrogen and oxygen atoms in total. The molecule has 2 aromatic rings. The predicted octanol–water partition coefficient (Wildman–Crippen LogP) is 2.81. The van der Waals surface area contributed by atoms with Gasteiger partial charge >= 0.3 is 11.9 Å². The van der Waals surface area contributed by atoms with Crippen LogP contribution in [0, 0.1) is 6.92 Å². The lowest BCUT2D eigenvalue weighted by atomic mass is 10.00. The van der Waals surface area contributed by atoms with Gasteiger partial charge in [0.1, 0.15) is 5.69 Å². The second-order valence-electron chi connectivity index (χ2n) is 5.37. The van der Waals surface area contributed by atoms with E-state index in [4.69, 9.17) is 9.47 Å². The number of aliphatic hydroxyl groups excluding tert-OH is 1. The quantitative estimate of drug-likeness (QED) is 0.781. The number of carbonyl (C=O) groups is 2. The zero-order valence-electron chi connectivity index (χ0n) is 14.7. The molecule has 0 saturated heterocycles. The molecular formula is C19H23NO5. The minimum atomic E-state index is -0.534. The third-order valence-corrected chi connectivity index (χ3v) is 3.86. The lowest BCUT2D eigenvalue weighted by Crippen LogP contribution is -2.15. The van der Waals surface area contributed by atoms with Crippen molar-refractivity contribution in [3.63, 3.8) is 0 Å². The molecule has 0 aliphatic rings. The van der Waals surface area contributed by atoms with Crippen LogP contribution in [0.3, 0.4) is 0 Å². The van der Waals surface area contributed by atoms with Crippen molar-refractivity contribution in [2.45, 2.75) is 27.3 Å². The van der Waals surface area contributed by atoms with E-state index in [9.17, 15) is 14.7 Å². The van der Waals surface area contributed by atoms with Crippen LogP contribution in [-0.2, 0) is 16.0 Å². The first-order valence-electron chi connectivity index (χ1n) is 8.30. The molecule has 0 amide bonds. The van der Waals surface area contributed by atoms with E-state index in [-0.39, 0.29) is 32.1 Å². The van der Waals surface area contributed by atoms with Crippen LogP contribution in [0.2, 0.25) is 0 Å². The third-order valence-electron chi connectivity index (χ3n) is 3.86. The summed E-state index contributed by atoms with van der Waals surface area (Å²) in [6, 6.07) is 9.16. The van der Waals surface area contributed by atoms with E-state index >= 15 is 0 Å². The Kier molecular flexibility index (Phi) is 6.36. The molecule has 1 heterocycles. The first-order chi connectivity index (χ1) is 12.1. The Morgan fingerprint density at radius 1 is 1.04 bits per heavy atom. The smallest absolute Gasteiger partial charge is 0.355 e. The van der Waals surface area contributed by atoms with Gasteiger partial charge in [-0.1, -0.05) is 30.3 Å². The highest BCUT2D eigenvalue weighted by atomic mass is 16.5. The summed E-state index contributed by atoms with van der Waals surface area (Å²) in [6.45, 7) is 5.64. The van der Waals surface area contributed by atoms with Crippen LogP contribution in [0.15, 0.2) is 30.3 Å². The number of carbonyl (C=O) groups excluding carboxylic acids is 2. The van der Waals surface area contributed by atoms with Crippen LogP contribution >= 0.6 is 0 Å². The van der Waals surface area contributed by atoms with E-state index in [0.29, 0.717) is 22.4 Å². The molecule has 6 heteroatoms. The van der Waals surface area contributed by atoms with Gasteiger partial charge in [0.05, 0.1) is 25.4 Å². The van der Waals surface area contributed by atoms with Crippen LogP contribution in [-0.4, -0.2) is 41.4 Å². The number of ether oxygens (including phenoxy) is 2. The summed E-state index contributed by atoms with van der Waals surface area (Å²) in [5.41, 5.74) is 2.33. The fourth-order valence-electron chi connectivity index (χ4n) is 2.87. The van der Waals surface area contributed by atoms with Gasteiger partial charge in [0.15, 0.2) is 0 Å². The first kappa shape index (κ1) is 18.7. The van der Waals surface area contributed by atoms with E-state index in [1.165, 1.54) is 0 Å². The van der Waals surface area contributed by atoms with E-state index in [0.717, 1.165) is 0 Å². The van der Waals surface area contributed by atoms with E-state index < -0.39 is 11.9 Å². The van der Waals surface area contributed by atoms with E-state index in [2.05, 4.69) is 0 Å². The van der Waals surface area contributed by atoms with Gasteiger partial charge in [-0.05, 0) is 26.3 Å². The van der Waals surface area contributed by atoms with E-state index in [1.807, 2.05) is 30.3 Å². The van der Waals surface area contributed by atoms with Gasteiger partial charge in [-0.15, -0.1) is 0 Å². The molecule has 0 unspecified atom stereocenters. The zero-order valence-corrected chi connectivity index (χ0v) is 14.7. The molecule has 25 heavy (non-hydrogen) atoms. The van der Waals surface area contributed by atoms with Crippen LogP contribution in [0.4, 0.5) is 0 Å². The summed E-state index contributed by atoms with van der Waals surface area (Å²) in [6.07, 6.45) is 0. The molecule has 0 spiro atoms. The highest BCUT2D eigenvalue weighted by Crippen LogP contribution is 2.34. The molecule has 0 aliphatic carbocycles. The molecule has 2 rings (SSSR count). The molecule has 1 aromatic carbocycles. The molecule has 0 fully saturated rings. The Labute approximate surface area is 147 Å². The number of hydrogen-bond donors (Lipinski definition) is 1. The van der Waals surface area contributed by atoms with E-state index in [1.54, 1.807) is 25.3 Å². The minimum Gasteiger partial charge on any atom is -0.462 e. The van der Waals surface area contributed by atoms with Crippen LogP contribution in [0.25, 0.3) is 11.1 Å². The topological polar surface area (TPSA) is 77.8 Å². The van der Waals surface area contributed by atoms with Crippen LogP contribution in [0.5, 0.6) is 0 Å². The molecule has 0 radical (unpaired) electrons. The van der Waals surface area contributed by atoms with Crippen LogP contribution in [0.1, 0.15) is 40.4 Å². The monoisotopic (exact) mass is 345 g/mol. The maximum Gasteiger partial charge on any atom is 0.355 e. The highest BCUT2D eigenvalue weighted by Gasteiger charge is 2.30. The van der Waals surface area contributed by atoms with Gasteiger partial charge in [-0.3, -0.25) is 0 Å². The standard InChI is InChI=1S/C19H23NO5/c1-4-24-18(22)15-13(3)20(11-12-21)17(19(23)25-5-2)16(15)14-9-7-6-8-10-14/h6-10,21H,4-5,11-12H2,1-3H3. The number of benzene rings is 1. The third kappa shape index (κ3) is 3.74. The fourth-order valence-corrected chi connectivity index (χ4v) is 2.87. The van der Waals surface area contributed by atoms with Gasteiger partial charge in [0.2, 0.25) is 0 Å². The Balaban J connectivity index is 2.80. The Bertz CT molecular complexity index is 749. The summed E-state index contributed by atoms with van der Waals surface area (Å²) in [7, 11) is 0. The van der Waals surface area contributed by atoms with Crippen molar-refractivity contribution in [1.82, 2.24) is 4.57 Å². The van der Waals surface area contributed by atoms with Gasteiger partial charge < -0.3 is 19.1 Å². The highest BCUT2D eigenvalue weighted by molar-refractivity contribution is 6.06. The zero-order chi connectivity index (χ0) is 18.4. The van der Waals surface area contributed by atoms with Crippen molar-refractivity contribution in [2.75, 3.05) is 19.8 Å². The van der Waals surface area contributed by atoms with Gasteiger partial charge in [0, 0.05) is 17.8 Å². The van der Waals surface area contributed by atoms with Gasteiger partial charge in [0.25, 0.3) is 0 Å². The average Bonchev–Trinajstić information content (AvgIpc) is 2.89.